The van der Waals surface area contributed by atoms with Gasteiger partial charge in [0, 0.05) is 37.0 Å². The van der Waals surface area contributed by atoms with Gasteiger partial charge in [-0.2, -0.15) is 13.2 Å². The lowest BCUT2D eigenvalue weighted by molar-refractivity contribution is -0.0336. The van der Waals surface area contributed by atoms with E-state index in [9.17, 15) is 17.6 Å². The summed E-state index contributed by atoms with van der Waals surface area (Å²) in [7, 11) is 0. The van der Waals surface area contributed by atoms with Crippen molar-refractivity contribution in [2.45, 2.75) is 18.3 Å². The van der Waals surface area contributed by atoms with Crippen LogP contribution in [0.15, 0.2) is 22.9 Å². The molecule has 4 nitrogen and oxygen atoms in total. The van der Waals surface area contributed by atoms with Gasteiger partial charge in [-0.05, 0) is 46.8 Å². The number of anilines is 1. The van der Waals surface area contributed by atoms with E-state index in [0.717, 1.165) is 19.4 Å². The highest BCUT2D eigenvalue weighted by Gasteiger charge is 2.29. The van der Waals surface area contributed by atoms with Crippen molar-refractivity contribution in [3.8, 4) is 0 Å². The number of hydrogen-bond acceptors (Lipinski definition) is 5. The van der Waals surface area contributed by atoms with Gasteiger partial charge in [0.15, 0.2) is 0 Å². The van der Waals surface area contributed by atoms with Gasteiger partial charge in [0.25, 0.3) is 0 Å². The van der Waals surface area contributed by atoms with Crippen LogP contribution in [-0.2, 0) is 0 Å². The van der Waals surface area contributed by atoms with Crippen LogP contribution < -0.4 is 9.62 Å². The van der Waals surface area contributed by atoms with E-state index in [2.05, 4.69) is 30.6 Å². The molecule has 3 rings (SSSR count). The molecule has 1 atom stereocenters. The number of alkyl halides is 3. The average molecular weight is 439 g/mol. The van der Waals surface area contributed by atoms with Gasteiger partial charge < -0.3 is 4.90 Å². The van der Waals surface area contributed by atoms with E-state index in [1.54, 1.807) is 6.07 Å². The number of halogens is 5. The molecule has 25 heavy (non-hydrogen) atoms. The van der Waals surface area contributed by atoms with Crippen LogP contribution in [0.5, 0.6) is 0 Å². The molecule has 10 heteroatoms. The normalized spacial score (nSPS) is 18.8. The summed E-state index contributed by atoms with van der Waals surface area (Å²) in [4.78, 5) is 10.4. The van der Waals surface area contributed by atoms with Gasteiger partial charge in [-0.3, -0.25) is 4.72 Å². The largest absolute Gasteiger partial charge is 0.456 e. The number of fused-ring (bicyclic) bond motifs is 1. The molecule has 1 fully saturated rings. The highest BCUT2D eigenvalue weighted by atomic mass is 79.9. The average Bonchev–Trinajstić information content (AvgIpc) is 2.54. The molecule has 0 aliphatic carbocycles. The Hall–Kier alpha value is -1.13. The number of benzene rings is 1. The second-order valence-corrected chi connectivity index (χ2v) is 7.64. The van der Waals surface area contributed by atoms with Gasteiger partial charge in [0.2, 0.25) is 0 Å². The molecular weight excluding hydrogens is 424 g/mol. The molecule has 1 aliphatic heterocycles. The van der Waals surface area contributed by atoms with Crippen LogP contribution in [0.3, 0.4) is 0 Å². The summed E-state index contributed by atoms with van der Waals surface area (Å²) >= 11 is 2.92. The maximum atomic E-state index is 13.9. The maximum Gasteiger partial charge on any atom is 0.456 e. The molecule has 1 N–H and O–H groups in total. The number of nitrogens with one attached hydrogen (secondary N) is 1. The van der Waals surface area contributed by atoms with Crippen molar-refractivity contribution in [2.75, 3.05) is 24.5 Å². The van der Waals surface area contributed by atoms with E-state index in [4.69, 9.17) is 0 Å². The van der Waals surface area contributed by atoms with Crippen molar-refractivity contribution in [3.63, 3.8) is 0 Å². The van der Waals surface area contributed by atoms with Crippen molar-refractivity contribution >= 4 is 44.6 Å². The SMILES string of the molecule is Fc1cc2c(N3CCCC(CNSC(F)(F)F)C3)ncnc2cc1Br. The van der Waals surface area contributed by atoms with E-state index in [0.29, 0.717) is 27.7 Å². The first-order chi connectivity index (χ1) is 11.8. The Labute approximate surface area is 154 Å². The van der Waals surface area contributed by atoms with Crippen LogP contribution >= 0.6 is 27.9 Å². The third-order valence-electron chi connectivity index (χ3n) is 4.03. The Morgan fingerprint density at radius 1 is 1.32 bits per heavy atom. The van der Waals surface area contributed by atoms with E-state index in [-0.39, 0.29) is 24.4 Å². The third-order valence-corrected chi connectivity index (χ3v) is 5.18. The second kappa shape index (κ2) is 7.63. The summed E-state index contributed by atoms with van der Waals surface area (Å²) in [6.45, 7) is 1.55. The quantitative estimate of drug-likeness (QED) is 0.561. The Morgan fingerprint density at radius 2 is 2.12 bits per heavy atom. The van der Waals surface area contributed by atoms with E-state index in [1.165, 1.54) is 12.4 Å². The molecule has 0 spiro atoms. The van der Waals surface area contributed by atoms with E-state index < -0.39 is 11.3 Å². The molecule has 1 unspecified atom stereocenters. The third kappa shape index (κ3) is 4.73. The predicted octanol–water partition coefficient (Wildman–Crippen LogP) is 4.51. The van der Waals surface area contributed by atoms with Gasteiger partial charge >= 0.3 is 5.51 Å². The zero-order chi connectivity index (χ0) is 18.0. The first-order valence-electron chi connectivity index (χ1n) is 7.66. The Bertz CT molecular complexity index is 758. The molecule has 0 bridgehead atoms. The molecule has 136 valence electrons. The van der Waals surface area contributed by atoms with Gasteiger partial charge in [-0.1, -0.05) is 0 Å². The fraction of sp³-hybridized carbons (Fsp3) is 0.467. The fourth-order valence-electron chi connectivity index (χ4n) is 2.95. The van der Waals surface area contributed by atoms with E-state index >= 15 is 0 Å². The Balaban J connectivity index is 1.75. The topological polar surface area (TPSA) is 41.0 Å². The van der Waals surface area contributed by atoms with Gasteiger partial charge in [0.1, 0.15) is 18.0 Å². The highest BCUT2D eigenvalue weighted by molar-refractivity contribution is 9.10. The minimum atomic E-state index is -4.29. The molecule has 1 saturated heterocycles. The van der Waals surface area contributed by atoms with Crippen molar-refractivity contribution in [2.24, 2.45) is 5.92 Å². The molecule has 2 aromatic rings. The molecule has 0 amide bonds. The zero-order valence-corrected chi connectivity index (χ0v) is 15.4. The predicted molar refractivity (Wildman–Crippen MR) is 93.8 cm³/mol. The monoisotopic (exact) mass is 438 g/mol. The van der Waals surface area contributed by atoms with Crippen LogP contribution in [0, 0.1) is 11.7 Å². The minimum Gasteiger partial charge on any atom is -0.356 e. The summed E-state index contributed by atoms with van der Waals surface area (Å²) in [5, 5.41) is 0.599. The van der Waals surface area contributed by atoms with Gasteiger partial charge in [0.05, 0.1) is 9.99 Å². The molecule has 1 aromatic heterocycles. The smallest absolute Gasteiger partial charge is 0.356 e. The number of piperidine rings is 1. The van der Waals surface area contributed by atoms with Crippen LogP contribution in [0.25, 0.3) is 10.9 Å². The number of hydrogen-bond donors (Lipinski definition) is 1. The Kier molecular flexibility index (Phi) is 5.69. The zero-order valence-electron chi connectivity index (χ0n) is 13.0. The Morgan fingerprint density at radius 3 is 2.88 bits per heavy atom. The summed E-state index contributed by atoms with van der Waals surface area (Å²) in [6, 6.07) is 2.98. The number of aromatic nitrogens is 2. The fourth-order valence-corrected chi connectivity index (χ4v) is 3.77. The van der Waals surface area contributed by atoms with Crippen molar-refractivity contribution in [1.29, 1.82) is 0 Å². The molecule has 2 heterocycles. The standard InChI is InChI=1S/C15H15BrF4N4S/c16-11-5-13-10(4-12(11)17)14(22-8-21-13)24-3-1-2-9(7-24)6-23-25-15(18,19)20/h4-5,8-9,23H,1-3,6-7H2. The minimum absolute atomic E-state index is 0.0638. The number of nitrogens with zero attached hydrogens (tertiary/aromatic N) is 3. The summed E-state index contributed by atoms with van der Waals surface area (Å²) in [5.74, 6) is 0.277. The summed E-state index contributed by atoms with van der Waals surface area (Å²) in [5.41, 5.74) is -3.67. The molecule has 0 saturated carbocycles. The first kappa shape index (κ1) is 18.7. The van der Waals surface area contributed by atoms with Crippen LogP contribution in [0.2, 0.25) is 0 Å². The molecule has 0 radical (unpaired) electrons. The van der Waals surface area contributed by atoms with E-state index in [1.807, 2.05) is 4.90 Å². The van der Waals surface area contributed by atoms with Crippen molar-refractivity contribution < 1.29 is 17.6 Å². The lowest BCUT2D eigenvalue weighted by Crippen LogP contribution is -2.39. The first-order valence-corrected chi connectivity index (χ1v) is 9.27. The van der Waals surface area contributed by atoms with Gasteiger partial charge in [-0.25, -0.2) is 14.4 Å². The van der Waals surface area contributed by atoms with Crippen molar-refractivity contribution in [3.05, 3.63) is 28.7 Å². The summed E-state index contributed by atoms with van der Waals surface area (Å²) < 4.78 is 53.3. The van der Waals surface area contributed by atoms with Gasteiger partial charge in [-0.15, -0.1) is 0 Å². The molecule has 1 aliphatic rings. The lowest BCUT2D eigenvalue weighted by Gasteiger charge is -2.34. The van der Waals surface area contributed by atoms with Crippen LogP contribution in [0.1, 0.15) is 12.8 Å². The van der Waals surface area contributed by atoms with Crippen LogP contribution in [0.4, 0.5) is 23.4 Å². The second-order valence-electron chi connectivity index (χ2n) is 5.83. The molecule has 1 aromatic carbocycles. The molecular formula is C15H15BrF4N4S. The van der Waals surface area contributed by atoms with Crippen molar-refractivity contribution in [1.82, 2.24) is 14.7 Å². The lowest BCUT2D eigenvalue weighted by atomic mass is 9.98. The maximum absolute atomic E-state index is 13.9. The van der Waals surface area contributed by atoms with Crippen LogP contribution in [-0.4, -0.2) is 35.1 Å². The number of rotatable bonds is 4. The highest BCUT2D eigenvalue weighted by Crippen LogP contribution is 2.31. The summed E-state index contributed by atoms with van der Waals surface area (Å²) in [6.07, 6.45) is 3.10.